The van der Waals surface area contributed by atoms with Gasteiger partial charge in [0.15, 0.2) is 0 Å². The van der Waals surface area contributed by atoms with Gasteiger partial charge in [0, 0.05) is 0 Å². The number of benzene rings is 1. The van der Waals surface area contributed by atoms with Gasteiger partial charge in [-0.05, 0) is 0 Å². The molecule has 1 aromatic carbocycles. The van der Waals surface area contributed by atoms with Crippen molar-refractivity contribution >= 4 is 6.36 Å². The third kappa shape index (κ3) is 2.61. The summed E-state index contributed by atoms with van der Waals surface area (Å²) in [6.45, 7) is 1.70. The predicted octanol–water partition coefficient (Wildman–Crippen LogP) is 0.941. The van der Waals surface area contributed by atoms with E-state index in [2.05, 4.69) is 12.1 Å². The summed E-state index contributed by atoms with van der Waals surface area (Å²) in [6.07, 6.45) is 0. The Morgan fingerprint density at radius 3 is 2.40 bits per heavy atom. The van der Waals surface area contributed by atoms with E-state index < -0.39 is 24.6 Å². The van der Waals surface area contributed by atoms with Crippen molar-refractivity contribution in [3.8, 4) is 0 Å². The molecule has 1 nitrogen and oxygen atoms in total. The second kappa shape index (κ2) is 3.86. The van der Waals surface area contributed by atoms with Crippen LogP contribution in [-0.4, -0.2) is 3.29 Å². The van der Waals surface area contributed by atoms with Crippen LogP contribution in [0.4, 0.5) is 0 Å². The van der Waals surface area contributed by atoms with Crippen LogP contribution in [0, 0.1) is 0 Å². The Hall–Kier alpha value is -0.175. The number of hydrogen-bond acceptors (Lipinski definition) is 1. The molecule has 0 spiro atoms. The zero-order valence-electron chi connectivity index (χ0n) is 6.00. The molecule has 0 aliphatic carbocycles. The average Bonchev–Trinajstić information content (AvgIpc) is 1.88. The fourth-order valence-corrected chi connectivity index (χ4v) is 5.09. The Bertz CT molecular complexity index is 218. The number of hydrogen-bond donors (Lipinski definition) is 0. The molecule has 0 saturated heterocycles. The minimum absolute atomic E-state index is 0.436. The Morgan fingerprint density at radius 2 is 1.90 bits per heavy atom. The molecule has 0 aromatic heterocycles. The standard InChI is InChI=1S/C6H5.C2H3O.Hg/c1-2-4-6-5-3-1;1-2-3;/h1-5H;1H3;. The summed E-state index contributed by atoms with van der Waals surface area (Å²) in [5.74, 6) is 0. The fraction of sp³-hybridized carbons (Fsp3) is 0.125. The molecule has 0 atom stereocenters. The summed E-state index contributed by atoms with van der Waals surface area (Å²) in [5, 5.41) is 0. The molecule has 1 aromatic rings. The molecule has 0 aliphatic rings. The van der Waals surface area contributed by atoms with Gasteiger partial charge in [-0.2, -0.15) is 0 Å². The normalized spacial score (nSPS) is 8.50. The van der Waals surface area contributed by atoms with E-state index in [0.29, 0.717) is 3.29 Å². The molecule has 0 radical (unpaired) electrons. The van der Waals surface area contributed by atoms with Crippen molar-refractivity contribution in [2.45, 2.75) is 6.92 Å². The van der Waals surface area contributed by atoms with Crippen LogP contribution in [0.2, 0.25) is 0 Å². The molecular formula is C8H8HgO. The molecule has 0 saturated carbocycles. The van der Waals surface area contributed by atoms with Crippen molar-refractivity contribution < 1.29 is 29.4 Å². The van der Waals surface area contributed by atoms with Crippen LogP contribution in [0.3, 0.4) is 0 Å². The van der Waals surface area contributed by atoms with Crippen LogP contribution in [0.1, 0.15) is 6.92 Å². The molecule has 1 rings (SSSR count). The van der Waals surface area contributed by atoms with E-state index >= 15 is 0 Å². The van der Waals surface area contributed by atoms with E-state index in [0.717, 1.165) is 0 Å². The molecule has 0 N–H and O–H groups in total. The van der Waals surface area contributed by atoms with Gasteiger partial charge in [0.25, 0.3) is 0 Å². The van der Waals surface area contributed by atoms with Crippen LogP contribution < -0.4 is 3.07 Å². The van der Waals surface area contributed by atoms with Crippen molar-refractivity contribution in [2.75, 3.05) is 0 Å². The zero-order chi connectivity index (χ0) is 7.40. The van der Waals surface area contributed by atoms with Gasteiger partial charge in [-0.3, -0.25) is 0 Å². The number of carbonyl (C=O) groups is 1. The van der Waals surface area contributed by atoms with E-state index in [4.69, 9.17) is 0 Å². The van der Waals surface area contributed by atoms with E-state index in [1.807, 2.05) is 18.2 Å². The maximum absolute atomic E-state index is 10.7. The van der Waals surface area contributed by atoms with Crippen LogP contribution in [-0.2, 0) is 29.4 Å². The minimum atomic E-state index is -1.32. The van der Waals surface area contributed by atoms with Crippen molar-refractivity contribution in [2.24, 2.45) is 0 Å². The molecule has 0 bridgehead atoms. The summed E-state index contributed by atoms with van der Waals surface area (Å²) in [6, 6.07) is 10.1. The molecule has 0 heterocycles. The zero-order valence-corrected chi connectivity index (χ0v) is 11.5. The van der Waals surface area contributed by atoms with Crippen molar-refractivity contribution in [3.63, 3.8) is 0 Å². The summed E-state index contributed by atoms with van der Waals surface area (Å²) in [7, 11) is 0. The SMILES string of the molecule is C[C](=O)[Hg][c]1ccccc1. The van der Waals surface area contributed by atoms with Gasteiger partial charge < -0.3 is 0 Å². The van der Waals surface area contributed by atoms with E-state index in [-0.39, 0.29) is 0 Å². The Labute approximate surface area is 72.9 Å². The van der Waals surface area contributed by atoms with Crippen LogP contribution in [0.5, 0.6) is 0 Å². The summed E-state index contributed by atoms with van der Waals surface area (Å²) >= 11 is -1.32. The molecule has 48 valence electrons. The second-order valence-corrected chi connectivity index (χ2v) is 10.8. The van der Waals surface area contributed by atoms with Gasteiger partial charge in [0.2, 0.25) is 0 Å². The molecule has 0 aliphatic heterocycles. The molecule has 0 fully saturated rings. The molecule has 0 unspecified atom stereocenters. The van der Waals surface area contributed by atoms with Gasteiger partial charge in [0.05, 0.1) is 0 Å². The van der Waals surface area contributed by atoms with E-state index in [1.165, 1.54) is 3.07 Å². The third-order valence-corrected chi connectivity index (χ3v) is 6.65. The second-order valence-electron chi connectivity index (χ2n) is 2.36. The summed E-state index contributed by atoms with van der Waals surface area (Å²) in [5.41, 5.74) is 0. The van der Waals surface area contributed by atoms with Gasteiger partial charge in [-0.25, -0.2) is 0 Å². The first kappa shape index (κ1) is 7.93. The molecule has 2 heteroatoms. The fourth-order valence-electron chi connectivity index (χ4n) is 0.883. The van der Waals surface area contributed by atoms with Gasteiger partial charge in [-0.15, -0.1) is 0 Å². The maximum atomic E-state index is 10.7. The molecule has 0 amide bonds. The van der Waals surface area contributed by atoms with Crippen molar-refractivity contribution in [3.05, 3.63) is 30.3 Å². The third-order valence-electron chi connectivity index (χ3n) is 1.30. The van der Waals surface area contributed by atoms with Gasteiger partial charge >= 0.3 is 73.0 Å². The monoisotopic (exact) mass is 322 g/mol. The van der Waals surface area contributed by atoms with Gasteiger partial charge in [0.1, 0.15) is 0 Å². The molecule has 10 heavy (non-hydrogen) atoms. The Morgan fingerprint density at radius 1 is 1.30 bits per heavy atom. The average molecular weight is 321 g/mol. The molecular weight excluding hydrogens is 313 g/mol. The van der Waals surface area contributed by atoms with Crippen molar-refractivity contribution in [1.82, 2.24) is 0 Å². The summed E-state index contributed by atoms with van der Waals surface area (Å²) in [4.78, 5) is 10.7. The topological polar surface area (TPSA) is 17.1 Å². The Balaban J connectivity index is 2.67. The summed E-state index contributed by atoms with van der Waals surface area (Å²) < 4.78 is 1.75. The van der Waals surface area contributed by atoms with Crippen molar-refractivity contribution in [1.29, 1.82) is 0 Å². The Kier molecular flexibility index (Phi) is 3.06. The predicted molar refractivity (Wildman–Crippen MR) is 36.8 cm³/mol. The first-order valence-electron chi connectivity index (χ1n) is 3.32. The van der Waals surface area contributed by atoms with Crippen LogP contribution in [0.15, 0.2) is 30.3 Å². The van der Waals surface area contributed by atoms with E-state index in [1.54, 1.807) is 6.92 Å². The quantitative estimate of drug-likeness (QED) is 0.741. The van der Waals surface area contributed by atoms with Gasteiger partial charge in [-0.1, -0.05) is 0 Å². The first-order valence-corrected chi connectivity index (χ1v) is 8.82. The number of rotatable bonds is 2. The number of carbonyl (C=O) groups excluding carboxylic acids is 1. The van der Waals surface area contributed by atoms with E-state index in [9.17, 15) is 4.79 Å². The first-order chi connectivity index (χ1) is 4.79. The van der Waals surface area contributed by atoms with Crippen LogP contribution >= 0.6 is 0 Å². The van der Waals surface area contributed by atoms with Crippen LogP contribution in [0.25, 0.3) is 0 Å².